The lowest BCUT2D eigenvalue weighted by Gasteiger charge is -2.34. The van der Waals surface area contributed by atoms with Gasteiger partial charge < -0.3 is 20.1 Å². The van der Waals surface area contributed by atoms with Crippen molar-refractivity contribution < 1.29 is 34.0 Å². The first-order chi connectivity index (χ1) is 16.4. The highest BCUT2D eigenvalue weighted by Crippen LogP contribution is 2.32. The quantitative estimate of drug-likeness (QED) is 0.408. The summed E-state index contributed by atoms with van der Waals surface area (Å²) < 4.78 is 20.6. The number of hydrogen-bond acceptors (Lipinski definition) is 8. The van der Waals surface area contributed by atoms with Crippen molar-refractivity contribution in [3.8, 4) is 0 Å². The minimum atomic E-state index is -1.36. The molecule has 0 amide bonds. The van der Waals surface area contributed by atoms with E-state index in [-0.39, 0.29) is 24.7 Å². The van der Waals surface area contributed by atoms with Crippen LogP contribution in [0.4, 0.5) is 4.39 Å². The van der Waals surface area contributed by atoms with Gasteiger partial charge in [0.05, 0.1) is 36.3 Å². The van der Waals surface area contributed by atoms with Crippen molar-refractivity contribution in [2.75, 3.05) is 0 Å². The lowest BCUT2D eigenvalue weighted by Crippen LogP contribution is -2.45. The van der Waals surface area contributed by atoms with Crippen LogP contribution in [0, 0.1) is 17.3 Å². The van der Waals surface area contributed by atoms with Crippen molar-refractivity contribution in [2.45, 2.75) is 91.6 Å². The van der Waals surface area contributed by atoms with E-state index >= 15 is 4.39 Å². The maximum Gasteiger partial charge on any atom is 0.309 e. The number of aromatic nitrogens is 1. The maximum atomic E-state index is 15.2. The van der Waals surface area contributed by atoms with Crippen molar-refractivity contribution in [2.24, 2.45) is 17.3 Å². The van der Waals surface area contributed by atoms with Crippen LogP contribution in [0.2, 0.25) is 0 Å². The highest BCUT2D eigenvalue weighted by atomic mass is 32.1. The zero-order valence-electron chi connectivity index (χ0n) is 21.2. The molecule has 0 radical (unpaired) electrons. The Balaban J connectivity index is 2.33. The second-order valence-electron chi connectivity index (χ2n) is 10.1. The average molecular weight is 512 g/mol. The number of ketones is 1. The molecule has 0 saturated heterocycles. The van der Waals surface area contributed by atoms with Crippen LogP contribution < -0.4 is 0 Å². The summed E-state index contributed by atoms with van der Waals surface area (Å²) in [4.78, 5) is 29.9. The monoisotopic (exact) mass is 511 g/mol. The number of esters is 1. The van der Waals surface area contributed by atoms with Crippen molar-refractivity contribution >= 4 is 29.2 Å². The molecule has 2 heterocycles. The van der Waals surface area contributed by atoms with Gasteiger partial charge in [0.15, 0.2) is 6.10 Å². The summed E-state index contributed by atoms with van der Waals surface area (Å²) >= 11 is 1.19. The molecule has 2 rings (SSSR count). The number of aliphatic hydroxyl groups excluding tert-OH is 3. The summed E-state index contributed by atoms with van der Waals surface area (Å²) in [5.41, 5.74) is 0.000562. The Morgan fingerprint density at radius 3 is 2.63 bits per heavy atom. The van der Waals surface area contributed by atoms with Crippen LogP contribution >= 0.6 is 11.3 Å². The fraction of sp³-hybridized carbons (Fsp3) is 0.654. The van der Waals surface area contributed by atoms with Gasteiger partial charge in [-0.25, -0.2) is 9.37 Å². The molecular formula is C26H38FNO6S. The average Bonchev–Trinajstić information content (AvgIpc) is 3.26. The van der Waals surface area contributed by atoms with Gasteiger partial charge in [0.1, 0.15) is 16.6 Å². The SMILES string of the molecule is CC1=CC[C@@H](C(F)=Cc2csc(CO)n2)OC(=O)C[C@H](O)C(C)(C)C(=O)[C@H](C)[C@@H](O)[C@@H](C)CCC1. The topological polar surface area (TPSA) is 117 Å². The molecule has 5 atom stereocenters. The van der Waals surface area contributed by atoms with Crippen molar-refractivity contribution in [1.29, 1.82) is 0 Å². The fourth-order valence-corrected chi connectivity index (χ4v) is 4.83. The zero-order valence-corrected chi connectivity index (χ0v) is 22.0. The van der Waals surface area contributed by atoms with Crippen LogP contribution in [0.25, 0.3) is 6.08 Å². The van der Waals surface area contributed by atoms with Crippen LogP contribution in [-0.2, 0) is 20.9 Å². The van der Waals surface area contributed by atoms with Crippen LogP contribution in [-0.4, -0.2) is 50.4 Å². The molecule has 9 heteroatoms. The summed E-state index contributed by atoms with van der Waals surface area (Å²) in [5, 5.41) is 32.7. The van der Waals surface area contributed by atoms with Crippen LogP contribution in [0.5, 0.6) is 0 Å². The van der Waals surface area contributed by atoms with Gasteiger partial charge in [0.25, 0.3) is 0 Å². The van der Waals surface area contributed by atoms with E-state index in [0.717, 1.165) is 18.4 Å². The van der Waals surface area contributed by atoms with E-state index in [9.17, 15) is 24.9 Å². The molecule has 0 spiro atoms. The van der Waals surface area contributed by atoms with Gasteiger partial charge in [-0.05, 0) is 32.1 Å². The Hall–Kier alpha value is -1.94. The molecule has 7 nitrogen and oxygen atoms in total. The highest BCUT2D eigenvalue weighted by molar-refractivity contribution is 7.09. The normalized spacial score (nSPS) is 30.0. The largest absolute Gasteiger partial charge is 0.455 e. The maximum absolute atomic E-state index is 15.2. The van der Waals surface area contributed by atoms with E-state index in [1.807, 2.05) is 19.9 Å². The minimum absolute atomic E-state index is 0.102. The first-order valence-corrected chi connectivity index (χ1v) is 12.9. The van der Waals surface area contributed by atoms with E-state index in [4.69, 9.17) is 4.74 Å². The van der Waals surface area contributed by atoms with Crippen molar-refractivity contribution in [1.82, 2.24) is 4.98 Å². The summed E-state index contributed by atoms with van der Waals surface area (Å²) in [6, 6.07) is 0. The van der Waals surface area contributed by atoms with Gasteiger partial charge in [0, 0.05) is 23.8 Å². The number of Topliss-reactive ketones (excluding diaryl/α,β-unsaturated/α-hetero) is 1. The first-order valence-electron chi connectivity index (χ1n) is 12.0. The number of cyclic esters (lactones) is 1. The molecule has 3 N–H and O–H groups in total. The van der Waals surface area contributed by atoms with Crippen LogP contribution in [0.3, 0.4) is 0 Å². The number of halogens is 1. The number of carbonyl (C=O) groups excluding carboxylic acids is 2. The van der Waals surface area contributed by atoms with Crippen LogP contribution in [0.1, 0.15) is 77.4 Å². The molecule has 1 aliphatic rings. The molecule has 0 aliphatic carbocycles. The third kappa shape index (κ3) is 8.03. The second-order valence-corrected chi connectivity index (χ2v) is 11.0. The number of allylic oxidation sites excluding steroid dienone is 1. The molecule has 1 aromatic heterocycles. The fourth-order valence-electron chi connectivity index (χ4n) is 4.22. The molecule has 0 bridgehead atoms. The van der Waals surface area contributed by atoms with Gasteiger partial charge in [-0.3, -0.25) is 9.59 Å². The third-order valence-electron chi connectivity index (χ3n) is 6.82. The predicted molar refractivity (Wildman–Crippen MR) is 133 cm³/mol. The number of ether oxygens (including phenoxy) is 1. The number of hydrogen-bond donors (Lipinski definition) is 3. The summed E-state index contributed by atoms with van der Waals surface area (Å²) in [6.45, 7) is 8.28. The molecule has 35 heavy (non-hydrogen) atoms. The van der Waals surface area contributed by atoms with Gasteiger partial charge >= 0.3 is 5.97 Å². The number of carbonyl (C=O) groups is 2. The highest BCUT2D eigenvalue weighted by Gasteiger charge is 2.42. The molecule has 0 unspecified atom stereocenters. The first kappa shape index (κ1) is 29.3. The Morgan fingerprint density at radius 1 is 1.31 bits per heavy atom. The summed E-state index contributed by atoms with van der Waals surface area (Å²) in [7, 11) is 0. The van der Waals surface area contributed by atoms with Gasteiger partial charge in [-0.2, -0.15) is 0 Å². The van der Waals surface area contributed by atoms with Gasteiger partial charge in [0.2, 0.25) is 0 Å². The van der Waals surface area contributed by atoms with E-state index in [0.29, 0.717) is 17.1 Å². The smallest absolute Gasteiger partial charge is 0.309 e. The van der Waals surface area contributed by atoms with Crippen molar-refractivity contribution in [3.05, 3.63) is 33.6 Å². The lowest BCUT2D eigenvalue weighted by atomic mass is 9.73. The van der Waals surface area contributed by atoms with Crippen LogP contribution in [0.15, 0.2) is 22.9 Å². The Kier molecular flexibility index (Phi) is 10.8. The standard InChI is InChI=1S/C26H38FNO6S/c1-15-7-6-8-16(2)24(32)17(3)25(33)26(4,5)21(30)12-23(31)34-20(10-9-15)19(27)11-18-14-35-22(13-29)28-18/h9,11,14,16-17,20-21,24,29-30,32H,6-8,10,12-13H2,1-5H3/t16-,17+,20-,21-,24-/m0/s1. The molecule has 1 aromatic rings. The molecule has 196 valence electrons. The minimum Gasteiger partial charge on any atom is -0.455 e. The van der Waals surface area contributed by atoms with Gasteiger partial charge in [-0.1, -0.05) is 39.3 Å². The zero-order chi connectivity index (χ0) is 26.3. The summed E-state index contributed by atoms with van der Waals surface area (Å²) in [5.74, 6) is -2.71. The van der Waals surface area contributed by atoms with E-state index < -0.39 is 47.9 Å². The molecule has 1 aliphatic heterocycles. The van der Waals surface area contributed by atoms with E-state index in [1.165, 1.54) is 31.3 Å². The van der Waals surface area contributed by atoms with E-state index in [1.54, 1.807) is 12.3 Å². The number of aliphatic hydroxyl groups is 3. The molecule has 0 fully saturated rings. The Morgan fingerprint density at radius 2 is 2.00 bits per heavy atom. The Labute approximate surface area is 210 Å². The van der Waals surface area contributed by atoms with Crippen molar-refractivity contribution in [3.63, 3.8) is 0 Å². The Bertz CT molecular complexity index is 940. The summed E-state index contributed by atoms with van der Waals surface area (Å²) in [6.07, 6.45) is 1.37. The number of rotatable bonds is 3. The third-order valence-corrected chi connectivity index (χ3v) is 7.67. The number of nitrogens with zero attached hydrogens (tertiary/aromatic N) is 1. The predicted octanol–water partition coefficient (Wildman–Crippen LogP) is 4.36. The van der Waals surface area contributed by atoms with E-state index in [2.05, 4.69) is 4.98 Å². The van der Waals surface area contributed by atoms with Gasteiger partial charge in [-0.15, -0.1) is 11.3 Å². The number of thiazole rings is 1. The lowest BCUT2D eigenvalue weighted by molar-refractivity contribution is -0.154. The second kappa shape index (κ2) is 12.9. The molecule has 0 aromatic carbocycles. The molecule has 0 saturated carbocycles. The molecular weight excluding hydrogens is 473 g/mol.